The molecule has 0 saturated heterocycles. The van der Waals surface area contributed by atoms with Gasteiger partial charge in [-0.05, 0) is 12.1 Å². The number of para-hydroxylation sites is 1. The van der Waals surface area contributed by atoms with E-state index >= 15 is 0 Å². The lowest BCUT2D eigenvalue weighted by molar-refractivity contribution is 1.20. The van der Waals surface area contributed by atoms with Crippen LogP contribution in [0.4, 0.5) is 5.69 Å². The third-order valence-corrected chi connectivity index (χ3v) is 1.28. The SMILES string of the molecule is Nc1ccccc1.c1cnccn1. The van der Waals surface area contributed by atoms with Crippen LogP contribution in [-0.4, -0.2) is 9.97 Å². The van der Waals surface area contributed by atoms with Crippen molar-refractivity contribution in [1.29, 1.82) is 0 Å². The molecule has 13 heavy (non-hydrogen) atoms. The normalized spacial score (nSPS) is 8.31. The Kier molecular flexibility index (Phi) is 4.04. The Hall–Kier alpha value is -1.90. The highest BCUT2D eigenvalue weighted by Gasteiger charge is 1.72. The molecule has 2 rings (SSSR count). The highest BCUT2D eigenvalue weighted by Crippen LogP contribution is 1.95. The van der Waals surface area contributed by atoms with Crippen molar-refractivity contribution in [3.63, 3.8) is 0 Å². The molecule has 0 fully saturated rings. The first-order chi connectivity index (χ1) is 6.39. The molecular weight excluding hydrogens is 162 g/mol. The van der Waals surface area contributed by atoms with Gasteiger partial charge < -0.3 is 5.73 Å². The van der Waals surface area contributed by atoms with E-state index in [1.54, 1.807) is 24.8 Å². The van der Waals surface area contributed by atoms with Crippen molar-refractivity contribution in [3.8, 4) is 0 Å². The van der Waals surface area contributed by atoms with Gasteiger partial charge >= 0.3 is 0 Å². The van der Waals surface area contributed by atoms with E-state index in [4.69, 9.17) is 5.73 Å². The lowest BCUT2D eigenvalue weighted by atomic mass is 10.3. The summed E-state index contributed by atoms with van der Waals surface area (Å²) in [6.07, 6.45) is 6.56. The van der Waals surface area contributed by atoms with Crippen LogP contribution in [0.5, 0.6) is 0 Å². The van der Waals surface area contributed by atoms with Crippen molar-refractivity contribution in [3.05, 3.63) is 55.1 Å². The molecule has 0 saturated carbocycles. The van der Waals surface area contributed by atoms with E-state index < -0.39 is 0 Å². The van der Waals surface area contributed by atoms with Crippen LogP contribution in [0.15, 0.2) is 55.1 Å². The summed E-state index contributed by atoms with van der Waals surface area (Å²) in [5.41, 5.74) is 6.18. The fourth-order valence-corrected chi connectivity index (χ4v) is 0.706. The summed E-state index contributed by atoms with van der Waals surface area (Å²) in [5, 5.41) is 0. The number of hydrogen-bond donors (Lipinski definition) is 1. The second-order valence-electron chi connectivity index (χ2n) is 2.31. The first-order valence-corrected chi connectivity index (χ1v) is 3.90. The molecule has 3 heteroatoms. The molecule has 0 radical (unpaired) electrons. The summed E-state index contributed by atoms with van der Waals surface area (Å²) in [5.74, 6) is 0. The van der Waals surface area contributed by atoms with E-state index in [2.05, 4.69) is 9.97 Å². The van der Waals surface area contributed by atoms with Crippen molar-refractivity contribution >= 4 is 5.69 Å². The van der Waals surface area contributed by atoms with Crippen molar-refractivity contribution < 1.29 is 0 Å². The molecule has 0 unspecified atom stereocenters. The number of anilines is 1. The van der Waals surface area contributed by atoms with Gasteiger partial charge in [0.15, 0.2) is 0 Å². The van der Waals surface area contributed by atoms with Crippen LogP contribution in [0.2, 0.25) is 0 Å². The number of nitrogens with zero attached hydrogens (tertiary/aromatic N) is 2. The Morgan fingerprint density at radius 2 is 1.23 bits per heavy atom. The van der Waals surface area contributed by atoms with Gasteiger partial charge in [-0.25, -0.2) is 0 Å². The molecule has 0 aliphatic carbocycles. The number of nitrogen functional groups attached to an aromatic ring is 1. The van der Waals surface area contributed by atoms with Gasteiger partial charge in [0.1, 0.15) is 0 Å². The zero-order chi connectivity index (χ0) is 9.36. The Morgan fingerprint density at radius 3 is 1.46 bits per heavy atom. The maximum Gasteiger partial charge on any atom is 0.0451 e. The van der Waals surface area contributed by atoms with Gasteiger partial charge in [-0.2, -0.15) is 0 Å². The fourth-order valence-electron chi connectivity index (χ4n) is 0.706. The molecule has 3 nitrogen and oxygen atoms in total. The quantitative estimate of drug-likeness (QED) is 0.617. The van der Waals surface area contributed by atoms with Gasteiger partial charge in [0.2, 0.25) is 0 Å². The largest absolute Gasteiger partial charge is 0.399 e. The summed E-state index contributed by atoms with van der Waals surface area (Å²) in [7, 11) is 0. The van der Waals surface area contributed by atoms with Crippen molar-refractivity contribution in [1.82, 2.24) is 9.97 Å². The Labute approximate surface area is 77.3 Å². The fraction of sp³-hybridized carbons (Fsp3) is 0. The Morgan fingerprint density at radius 1 is 0.769 bits per heavy atom. The van der Waals surface area contributed by atoms with Crippen molar-refractivity contribution in [2.75, 3.05) is 5.73 Å². The highest BCUT2D eigenvalue weighted by molar-refractivity contribution is 5.35. The Bertz CT molecular complexity index is 281. The average Bonchev–Trinajstić information content (AvgIpc) is 2.22. The number of nitrogens with two attached hydrogens (primary N) is 1. The summed E-state index contributed by atoms with van der Waals surface area (Å²) >= 11 is 0. The lowest BCUT2D eigenvalue weighted by Crippen LogP contribution is -1.79. The van der Waals surface area contributed by atoms with Crippen LogP contribution in [-0.2, 0) is 0 Å². The second kappa shape index (κ2) is 5.71. The topological polar surface area (TPSA) is 51.8 Å². The van der Waals surface area contributed by atoms with Crippen LogP contribution in [0.1, 0.15) is 0 Å². The second-order valence-corrected chi connectivity index (χ2v) is 2.31. The molecule has 1 heterocycles. The van der Waals surface area contributed by atoms with Gasteiger partial charge in [0.05, 0.1) is 0 Å². The van der Waals surface area contributed by atoms with E-state index in [0.29, 0.717) is 0 Å². The summed E-state index contributed by atoms with van der Waals surface area (Å²) in [6.45, 7) is 0. The minimum absolute atomic E-state index is 0.822. The van der Waals surface area contributed by atoms with E-state index in [0.717, 1.165) is 5.69 Å². The molecule has 2 aromatic rings. The van der Waals surface area contributed by atoms with Gasteiger partial charge in [0, 0.05) is 30.5 Å². The van der Waals surface area contributed by atoms with Crippen LogP contribution >= 0.6 is 0 Å². The minimum Gasteiger partial charge on any atom is -0.399 e. The molecule has 1 aromatic carbocycles. The van der Waals surface area contributed by atoms with Gasteiger partial charge in [-0.15, -0.1) is 0 Å². The zero-order valence-electron chi connectivity index (χ0n) is 7.17. The third-order valence-electron chi connectivity index (χ3n) is 1.28. The third kappa shape index (κ3) is 4.53. The molecule has 0 aliphatic rings. The molecule has 66 valence electrons. The molecule has 1 aromatic heterocycles. The van der Waals surface area contributed by atoms with E-state index in [9.17, 15) is 0 Å². The standard InChI is InChI=1S/C6H7N.C4H4N2/c7-6-4-2-1-3-5-6;1-2-6-4-3-5-1/h1-5H,7H2;1-4H. The average molecular weight is 173 g/mol. The van der Waals surface area contributed by atoms with Crippen LogP contribution in [0.25, 0.3) is 0 Å². The first kappa shape index (κ1) is 9.19. The predicted molar refractivity (Wildman–Crippen MR) is 52.9 cm³/mol. The maximum atomic E-state index is 5.36. The monoisotopic (exact) mass is 173 g/mol. The Balaban J connectivity index is 0.000000132. The van der Waals surface area contributed by atoms with Crippen LogP contribution in [0.3, 0.4) is 0 Å². The van der Waals surface area contributed by atoms with Crippen molar-refractivity contribution in [2.24, 2.45) is 0 Å². The molecule has 0 aliphatic heterocycles. The van der Waals surface area contributed by atoms with Crippen molar-refractivity contribution in [2.45, 2.75) is 0 Å². The minimum atomic E-state index is 0.822. The first-order valence-electron chi connectivity index (χ1n) is 3.90. The smallest absolute Gasteiger partial charge is 0.0451 e. The maximum absolute atomic E-state index is 5.36. The number of benzene rings is 1. The molecule has 0 bridgehead atoms. The highest BCUT2D eigenvalue weighted by atomic mass is 14.7. The van der Waals surface area contributed by atoms with E-state index in [1.807, 2.05) is 30.3 Å². The number of hydrogen-bond acceptors (Lipinski definition) is 3. The van der Waals surface area contributed by atoms with Gasteiger partial charge in [0.25, 0.3) is 0 Å². The predicted octanol–water partition coefficient (Wildman–Crippen LogP) is 1.75. The van der Waals surface area contributed by atoms with E-state index in [1.165, 1.54) is 0 Å². The van der Waals surface area contributed by atoms with Gasteiger partial charge in [-0.3, -0.25) is 9.97 Å². The summed E-state index contributed by atoms with van der Waals surface area (Å²) in [4.78, 5) is 7.44. The lowest BCUT2D eigenvalue weighted by Gasteiger charge is -1.83. The van der Waals surface area contributed by atoms with Crippen LogP contribution < -0.4 is 5.73 Å². The molecule has 0 spiro atoms. The molecular formula is C10H11N3. The summed E-state index contributed by atoms with van der Waals surface area (Å²) < 4.78 is 0. The van der Waals surface area contributed by atoms with Crippen LogP contribution in [0, 0.1) is 0 Å². The number of aromatic nitrogens is 2. The van der Waals surface area contributed by atoms with E-state index in [-0.39, 0.29) is 0 Å². The number of rotatable bonds is 0. The summed E-state index contributed by atoms with van der Waals surface area (Å²) in [6, 6.07) is 9.49. The molecule has 0 atom stereocenters. The van der Waals surface area contributed by atoms with Gasteiger partial charge in [-0.1, -0.05) is 18.2 Å². The molecule has 2 N–H and O–H groups in total. The zero-order valence-corrected chi connectivity index (χ0v) is 7.17. The molecule has 0 amide bonds.